The van der Waals surface area contributed by atoms with Crippen molar-refractivity contribution in [3.63, 3.8) is 0 Å². The molecule has 0 aliphatic rings. The van der Waals surface area contributed by atoms with Crippen molar-refractivity contribution < 1.29 is 9.59 Å². The first kappa shape index (κ1) is 13.7. The normalized spacial score (nSPS) is 9.90. The largest absolute Gasteiger partial charge is 0.355 e. The number of anilines is 1. The number of rotatable bonds is 3. The highest BCUT2D eigenvalue weighted by Crippen LogP contribution is 2.11. The third-order valence-electron chi connectivity index (χ3n) is 2.62. The van der Waals surface area contributed by atoms with Gasteiger partial charge in [0, 0.05) is 24.5 Å². The van der Waals surface area contributed by atoms with Gasteiger partial charge in [-0.05, 0) is 31.2 Å². The van der Waals surface area contributed by atoms with Gasteiger partial charge in [0.2, 0.25) is 0 Å². The van der Waals surface area contributed by atoms with Crippen LogP contribution in [0.25, 0.3) is 0 Å². The van der Waals surface area contributed by atoms with Crippen molar-refractivity contribution in [2.24, 2.45) is 0 Å². The Kier molecular flexibility index (Phi) is 4.05. The zero-order valence-electron chi connectivity index (χ0n) is 11.2. The third-order valence-corrected chi connectivity index (χ3v) is 2.62. The molecule has 0 bridgehead atoms. The van der Waals surface area contributed by atoms with E-state index in [0.717, 1.165) is 0 Å². The lowest BCUT2D eigenvalue weighted by Crippen LogP contribution is -2.18. The van der Waals surface area contributed by atoms with E-state index >= 15 is 0 Å². The van der Waals surface area contributed by atoms with E-state index in [1.54, 1.807) is 38.2 Å². The van der Waals surface area contributed by atoms with E-state index in [1.807, 2.05) is 0 Å². The fourth-order valence-electron chi connectivity index (χ4n) is 1.66. The SMILES string of the molecule is CNC(=O)c1cccc(NC(=O)c2ccnc(C)n2)c1. The molecule has 0 saturated carbocycles. The van der Waals surface area contributed by atoms with Gasteiger partial charge in [0.05, 0.1) is 0 Å². The van der Waals surface area contributed by atoms with Crippen LogP contribution in [-0.2, 0) is 0 Å². The van der Waals surface area contributed by atoms with Gasteiger partial charge >= 0.3 is 0 Å². The summed E-state index contributed by atoms with van der Waals surface area (Å²) in [5.41, 5.74) is 1.29. The average molecular weight is 270 g/mol. The van der Waals surface area contributed by atoms with Gasteiger partial charge < -0.3 is 10.6 Å². The molecular formula is C14H14N4O2. The number of nitrogens with zero attached hydrogens (tertiary/aromatic N) is 2. The highest BCUT2D eigenvalue weighted by Gasteiger charge is 2.09. The molecule has 1 aromatic carbocycles. The first-order valence-electron chi connectivity index (χ1n) is 6.03. The van der Waals surface area contributed by atoms with E-state index in [2.05, 4.69) is 20.6 Å². The lowest BCUT2D eigenvalue weighted by atomic mass is 10.2. The number of benzene rings is 1. The van der Waals surface area contributed by atoms with Gasteiger partial charge in [0.15, 0.2) is 0 Å². The highest BCUT2D eigenvalue weighted by atomic mass is 16.2. The van der Waals surface area contributed by atoms with Crippen LogP contribution in [0.2, 0.25) is 0 Å². The second-order valence-electron chi connectivity index (χ2n) is 4.10. The van der Waals surface area contributed by atoms with Gasteiger partial charge in [-0.3, -0.25) is 9.59 Å². The quantitative estimate of drug-likeness (QED) is 0.883. The third kappa shape index (κ3) is 3.17. The molecule has 0 unspecified atom stereocenters. The van der Waals surface area contributed by atoms with Crippen molar-refractivity contribution in [1.29, 1.82) is 0 Å². The molecule has 0 aliphatic carbocycles. The summed E-state index contributed by atoms with van der Waals surface area (Å²) in [7, 11) is 1.55. The van der Waals surface area contributed by atoms with Gasteiger partial charge in [0.1, 0.15) is 11.5 Å². The molecule has 6 nitrogen and oxygen atoms in total. The number of carbonyl (C=O) groups is 2. The van der Waals surface area contributed by atoms with Crippen LogP contribution in [0.3, 0.4) is 0 Å². The zero-order chi connectivity index (χ0) is 14.5. The van der Waals surface area contributed by atoms with Crippen molar-refractivity contribution in [3.05, 3.63) is 53.6 Å². The zero-order valence-corrected chi connectivity index (χ0v) is 11.2. The van der Waals surface area contributed by atoms with Crippen LogP contribution in [-0.4, -0.2) is 28.8 Å². The van der Waals surface area contributed by atoms with Gasteiger partial charge in [0.25, 0.3) is 11.8 Å². The lowest BCUT2D eigenvalue weighted by Gasteiger charge is -2.06. The maximum atomic E-state index is 12.0. The summed E-state index contributed by atoms with van der Waals surface area (Å²) in [6.45, 7) is 1.71. The summed E-state index contributed by atoms with van der Waals surface area (Å²) in [5.74, 6) is -0.0275. The minimum absolute atomic E-state index is 0.209. The number of hydrogen-bond donors (Lipinski definition) is 2. The molecule has 6 heteroatoms. The van der Waals surface area contributed by atoms with Crippen molar-refractivity contribution in [2.45, 2.75) is 6.92 Å². The number of carbonyl (C=O) groups excluding carboxylic acids is 2. The van der Waals surface area contributed by atoms with E-state index in [0.29, 0.717) is 17.1 Å². The molecular weight excluding hydrogens is 256 g/mol. The first-order valence-corrected chi connectivity index (χ1v) is 6.03. The summed E-state index contributed by atoms with van der Waals surface area (Å²) in [4.78, 5) is 31.5. The summed E-state index contributed by atoms with van der Waals surface area (Å²) < 4.78 is 0. The minimum atomic E-state index is -0.343. The van der Waals surface area contributed by atoms with E-state index in [9.17, 15) is 9.59 Å². The molecule has 0 atom stereocenters. The standard InChI is InChI=1S/C14H14N4O2/c1-9-16-7-6-12(17-9)14(20)18-11-5-3-4-10(8-11)13(19)15-2/h3-8H,1-2H3,(H,15,19)(H,18,20). The van der Waals surface area contributed by atoms with Crippen LogP contribution in [0.4, 0.5) is 5.69 Å². The monoisotopic (exact) mass is 270 g/mol. The average Bonchev–Trinajstić information content (AvgIpc) is 2.46. The Morgan fingerprint density at radius 2 is 1.95 bits per heavy atom. The molecule has 2 N–H and O–H groups in total. The predicted octanol–water partition coefficient (Wildman–Crippen LogP) is 1.40. The molecule has 0 saturated heterocycles. The summed E-state index contributed by atoms with van der Waals surface area (Å²) >= 11 is 0. The Labute approximate surface area is 116 Å². The summed E-state index contributed by atoms with van der Waals surface area (Å²) in [6.07, 6.45) is 1.53. The van der Waals surface area contributed by atoms with Crippen LogP contribution < -0.4 is 10.6 Å². The fraction of sp³-hybridized carbons (Fsp3) is 0.143. The second-order valence-corrected chi connectivity index (χ2v) is 4.10. The number of amides is 2. The molecule has 0 spiro atoms. The van der Waals surface area contributed by atoms with Crippen molar-refractivity contribution >= 4 is 17.5 Å². The number of aryl methyl sites for hydroxylation is 1. The number of hydrogen-bond acceptors (Lipinski definition) is 4. The molecule has 102 valence electrons. The Hall–Kier alpha value is -2.76. The molecule has 2 rings (SSSR count). The van der Waals surface area contributed by atoms with Crippen LogP contribution in [0.1, 0.15) is 26.7 Å². The van der Waals surface area contributed by atoms with Gasteiger partial charge in [-0.25, -0.2) is 9.97 Å². The van der Waals surface area contributed by atoms with Gasteiger partial charge in [-0.2, -0.15) is 0 Å². The first-order chi connectivity index (χ1) is 9.60. The Morgan fingerprint density at radius 1 is 1.15 bits per heavy atom. The molecule has 1 heterocycles. The molecule has 1 aromatic heterocycles. The van der Waals surface area contributed by atoms with Crippen molar-refractivity contribution in [2.75, 3.05) is 12.4 Å². The van der Waals surface area contributed by atoms with Crippen molar-refractivity contribution in [1.82, 2.24) is 15.3 Å². The minimum Gasteiger partial charge on any atom is -0.355 e. The molecule has 0 radical (unpaired) electrons. The van der Waals surface area contributed by atoms with Crippen molar-refractivity contribution in [3.8, 4) is 0 Å². The summed E-state index contributed by atoms with van der Waals surface area (Å²) in [5, 5.41) is 5.22. The molecule has 20 heavy (non-hydrogen) atoms. The van der Waals surface area contributed by atoms with E-state index in [1.165, 1.54) is 12.3 Å². The Balaban J connectivity index is 2.18. The molecule has 2 aromatic rings. The van der Waals surface area contributed by atoms with Gasteiger partial charge in [-0.15, -0.1) is 0 Å². The smallest absolute Gasteiger partial charge is 0.274 e. The Bertz CT molecular complexity index is 655. The maximum Gasteiger partial charge on any atom is 0.274 e. The Morgan fingerprint density at radius 3 is 2.65 bits per heavy atom. The topological polar surface area (TPSA) is 84.0 Å². The molecule has 0 aliphatic heterocycles. The van der Waals surface area contributed by atoms with E-state index in [-0.39, 0.29) is 17.5 Å². The lowest BCUT2D eigenvalue weighted by molar-refractivity contribution is 0.0961. The predicted molar refractivity (Wildman–Crippen MR) is 74.6 cm³/mol. The van der Waals surface area contributed by atoms with E-state index in [4.69, 9.17) is 0 Å². The molecule has 0 fully saturated rings. The van der Waals surface area contributed by atoms with Crippen LogP contribution >= 0.6 is 0 Å². The maximum absolute atomic E-state index is 12.0. The van der Waals surface area contributed by atoms with Gasteiger partial charge in [-0.1, -0.05) is 6.07 Å². The number of nitrogens with one attached hydrogen (secondary N) is 2. The fourth-order valence-corrected chi connectivity index (χ4v) is 1.66. The van der Waals surface area contributed by atoms with Crippen LogP contribution in [0.5, 0.6) is 0 Å². The molecule has 2 amide bonds. The summed E-state index contributed by atoms with van der Waals surface area (Å²) in [6, 6.07) is 8.21. The van der Waals surface area contributed by atoms with Crippen LogP contribution in [0.15, 0.2) is 36.5 Å². The highest BCUT2D eigenvalue weighted by molar-refractivity contribution is 6.03. The van der Waals surface area contributed by atoms with E-state index < -0.39 is 0 Å². The van der Waals surface area contributed by atoms with Crippen LogP contribution in [0, 0.1) is 6.92 Å². The second kappa shape index (κ2) is 5.92. The number of aromatic nitrogens is 2.